The van der Waals surface area contributed by atoms with Gasteiger partial charge in [0.25, 0.3) is 5.91 Å². The van der Waals surface area contributed by atoms with Crippen molar-refractivity contribution in [2.24, 2.45) is 0 Å². The third-order valence-corrected chi connectivity index (χ3v) is 6.39. The van der Waals surface area contributed by atoms with E-state index in [0.29, 0.717) is 17.1 Å². The zero-order valence-corrected chi connectivity index (χ0v) is 15.3. The summed E-state index contributed by atoms with van der Waals surface area (Å²) in [5.41, 5.74) is 1.73. The van der Waals surface area contributed by atoms with Gasteiger partial charge in [0, 0.05) is 12.7 Å². The highest BCUT2D eigenvalue weighted by atomic mass is 32.2. The highest BCUT2D eigenvalue weighted by Crippen LogP contribution is 2.31. The molecule has 1 amide bonds. The number of benzene rings is 1. The first-order valence-electron chi connectivity index (χ1n) is 8.39. The molecule has 3 heterocycles. The number of nitrogens with one attached hydrogen (secondary N) is 1. The van der Waals surface area contributed by atoms with Crippen molar-refractivity contribution in [1.82, 2.24) is 18.8 Å². The zero-order chi connectivity index (χ0) is 19.0. The number of anilines is 1. The number of nitrogens with zero attached hydrogens (tertiary/aromatic N) is 4. The number of hydrogen-bond acceptors (Lipinski definition) is 5. The highest BCUT2D eigenvalue weighted by molar-refractivity contribution is 7.89. The average molecular weight is 383 g/mol. The Hall–Kier alpha value is -3.04. The summed E-state index contributed by atoms with van der Waals surface area (Å²) in [5.74, 6) is -0.412. The Balaban J connectivity index is 1.82. The second-order valence-electron chi connectivity index (χ2n) is 6.00. The van der Waals surface area contributed by atoms with Crippen molar-refractivity contribution >= 4 is 21.6 Å². The minimum atomic E-state index is -3.67. The first kappa shape index (κ1) is 17.4. The van der Waals surface area contributed by atoms with E-state index in [1.54, 1.807) is 54.1 Å². The molecule has 0 saturated carbocycles. The van der Waals surface area contributed by atoms with E-state index in [2.05, 4.69) is 15.3 Å². The summed E-state index contributed by atoms with van der Waals surface area (Å²) < 4.78 is 29.0. The van der Waals surface area contributed by atoms with Crippen molar-refractivity contribution < 1.29 is 13.2 Å². The van der Waals surface area contributed by atoms with E-state index in [0.717, 1.165) is 0 Å². The minimum Gasteiger partial charge on any atom is -0.319 e. The lowest BCUT2D eigenvalue weighted by atomic mass is 10.2. The molecule has 8 nitrogen and oxygen atoms in total. The molecule has 9 heteroatoms. The normalized spacial score (nSPS) is 15.4. The second-order valence-corrected chi connectivity index (χ2v) is 7.91. The van der Waals surface area contributed by atoms with Gasteiger partial charge in [0.1, 0.15) is 11.2 Å². The molecule has 138 valence electrons. The average Bonchev–Trinajstić information content (AvgIpc) is 3.06. The molecule has 1 aliphatic rings. The maximum absolute atomic E-state index is 13.0. The van der Waals surface area contributed by atoms with Crippen LogP contribution < -0.4 is 5.32 Å². The fourth-order valence-corrected chi connectivity index (χ4v) is 4.69. The van der Waals surface area contributed by atoms with Crippen molar-refractivity contribution in [3.63, 3.8) is 0 Å². The number of pyridine rings is 1. The Morgan fingerprint density at radius 2 is 2.04 bits per heavy atom. The molecule has 0 atom stereocenters. The molecule has 4 rings (SSSR count). The number of rotatable bonds is 3. The van der Waals surface area contributed by atoms with Crippen molar-refractivity contribution in [2.45, 2.75) is 18.4 Å². The van der Waals surface area contributed by atoms with Gasteiger partial charge in [-0.3, -0.25) is 14.3 Å². The standard InChI is InChI=1S/C18H17N5O3S/c1-2-22-11-15-17(18(24)21-13-6-5-9-19-10-13)20-12-23(15)14-7-3-4-8-16(14)27(22,25)26/h3-10,12H,2,11H2,1H3,(H,21,24). The Labute approximate surface area is 156 Å². The van der Waals surface area contributed by atoms with E-state index in [-0.39, 0.29) is 23.7 Å². The quantitative estimate of drug-likeness (QED) is 0.746. The van der Waals surface area contributed by atoms with E-state index in [1.165, 1.54) is 16.8 Å². The van der Waals surface area contributed by atoms with Gasteiger partial charge in [-0.1, -0.05) is 19.1 Å². The molecule has 2 aromatic heterocycles. The Kier molecular flexibility index (Phi) is 4.25. The topological polar surface area (TPSA) is 97.2 Å². The van der Waals surface area contributed by atoms with E-state index in [1.807, 2.05) is 0 Å². The molecule has 1 aromatic carbocycles. The molecule has 0 fully saturated rings. The summed E-state index contributed by atoms with van der Waals surface area (Å²) in [6.07, 6.45) is 4.63. The Morgan fingerprint density at radius 3 is 2.78 bits per heavy atom. The lowest BCUT2D eigenvalue weighted by Gasteiger charge is -2.18. The number of aromatic nitrogens is 3. The van der Waals surface area contributed by atoms with Crippen LogP contribution in [0.4, 0.5) is 5.69 Å². The molecule has 27 heavy (non-hydrogen) atoms. The van der Waals surface area contributed by atoms with Gasteiger partial charge in [-0.25, -0.2) is 13.4 Å². The summed E-state index contributed by atoms with van der Waals surface area (Å²) >= 11 is 0. The monoisotopic (exact) mass is 383 g/mol. The Morgan fingerprint density at radius 1 is 1.22 bits per heavy atom. The van der Waals surface area contributed by atoms with Crippen LogP contribution >= 0.6 is 0 Å². The number of para-hydroxylation sites is 1. The maximum Gasteiger partial charge on any atom is 0.276 e. The predicted octanol–water partition coefficient (Wildman–Crippen LogP) is 2.04. The van der Waals surface area contributed by atoms with Gasteiger partial charge < -0.3 is 5.32 Å². The SMILES string of the molecule is CCN1Cc2c(C(=O)Nc3cccnc3)ncn2-c2ccccc2S1(=O)=O. The van der Waals surface area contributed by atoms with Gasteiger partial charge in [-0.05, 0) is 24.3 Å². The second kappa shape index (κ2) is 6.60. The van der Waals surface area contributed by atoms with E-state index in [9.17, 15) is 13.2 Å². The van der Waals surface area contributed by atoms with Gasteiger partial charge in [-0.15, -0.1) is 0 Å². The number of imidazole rings is 1. The lowest BCUT2D eigenvalue weighted by molar-refractivity contribution is 0.102. The summed E-state index contributed by atoms with van der Waals surface area (Å²) in [6, 6.07) is 10.2. The molecule has 0 bridgehead atoms. The third-order valence-electron chi connectivity index (χ3n) is 4.42. The molecule has 0 radical (unpaired) electrons. The van der Waals surface area contributed by atoms with Crippen LogP contribution in [0.25, 0.3) is 5.69 Å². The van der Waals surface area contributed by atoms with Gasteiger partial charge >= 0.3 is 0 Å². The van der Waals surface area contributed by atoms with Crippen LogP contribution in [0.15, 0.2) is 60.0 Å². The Bertz CT molecular complexity index is 1110. The zero-order valence-electron chi connectivity index (χ0n) is 14.5. The molecule has 0 unspecified atom stereocenters. The number of hydrogen-bond donors (Lipinski definition) is 1. The number of fused-ring (bicyclic) bond motifs is 3. The van der Waals surface area contributed by atoms with Crippen LogP contribution in [0.1, 0.15) is 23.1 Å². The number of carbonyl (C=O) groups is 1. The largest absolute Gasteiger partial charge is 0.319 e. The molecule has 1 N–H and O–H groups in total. The summed E-state index contributed by atoms with van der Waals surface area (Å²) in [6.45, 7) is 2.11. The smallest absolute Gasteiger partial charge is 0.276 e. The first-order chi connectivity index (χ1) is 13.0. The van der Waals surface area contributed by atoms with Gasteiger partial charge in [0.15, 0.2) is 5.69 Å². The summed E-state index contributed by atoms with van der Waals surface area (Å²) in [4.78, 5) is 21.2. The van der Waals surface area contributed by atoms with Crippen LogP contribution in [-0.2, 0) is 16.6 Å². The molecule has 3 aromatic rings. The predicted molar refractivity (Wildman–Crippen MR) is 99.0 cm³/mol. The summed E-state index contributed by atoms with van der Waals surface area (Å²) in [5, 5.41) is 2.75. The number of amides is 1. The van der Waals surface area contributed by atoms with Crippen molar-refractivity contribution in [3.05, 3.63) is 66.5 Å². The maximum atomic E-state index is 13.0. The van der Waals surface area contributed by atoms with E-state index >= 15 is 0 Å². The van der Waals surface area contributed by atoms with Gasteiger partial charge in [0.2, 0.25) is 10.0 Å². The molecule has 1 aliphatic heterocycles. The fourth-order valence-electron chi connectivity index (χ4n) is 3.10. The minimum absolute atomic E-state index is 0.0588. The van der Waals surface area contributed by atoms with Crippen LogP contribution in [-0.4, -0.2) is 39.7 Å². The fraction of sp³-hybridized carbons (Fsp3) is 0.167. The summed E-state index contributed by atoms with van der Waals surface area (Å²) in [7, 11) is -3.67. The molecule has 0 saturated heterocycles. The van der Waals surface area contributed by atoms with Crippen LogP contribution in [0, 0.1) is 0 Å². The highest BCUT2D eigenvalue weighted by Gasteiger charge is 2.33. The van der Waals surface area contributed by atoms with Crippen LogP contribution in [0.2, 0.25) is 0 Å². The van der Waals surface area contributed by atoms with Gasteiger partial charge in [0.05, 0.1) is 29.8 Å². The van der Waals surface area contributed by atoms with Crippen molar-refractivity contribution in [1.29, 1.82) is 0 Å². The van der Waals surface area contributed by atoms with E-state index in [4.69, 9.17) is 0 Å². The van der Waals surface area contributed by atoms with E-state index < -0.39 is 15.9 Å². The van der Waals surface area contributed by atoms with Crippen molar-refractivity contribution in [2.75, 3.05) is 11.9 Å². The van der Waals surface area contributed by atoms with Crippen LogP contribution in [0.5, 0.6) is 0 Å². The first-order valence-corrected chi connectivity index (χ1v) is 9.83. The number of carbonyl (C=O) groups excluding carboxylic acids is 1. The lowest BCUT2D eigenvalue weighted by Crippen LogP contribution is -2.30. The van der Waals surface area contributed by atoms with Crippen LogP contribution in [0.3, 0.4) is 0 Å². The third kappa shape index (κ3) is 2.90. The molecular formula is C18H17N5O3S. The molecule has 0 aliphatic carbocycles. The van der Waals surface area contributed by atoms with Gasteiger partial charge in [-0.2, -0.15) is 4.31 Å². The molecule has 0 spiro atoms. The van der Waals surface area contributed by atoms with Crippen molar-refractivity contribution in [3.8, 4) is 5.69 Å². The number of sulfonamides is 1. The molecular weight excluding hydrogens is 366 g/mol.